The predicted molar refractivity (Wildman–Crippen MR) is 112 cm³/mol. The van der Waals surface area contributed by atoms with Crippen molar-refractivity contribution >= 4 is 22.6 Å². The Morgan fingerprint density at radius 1 is 1.13 bits per heavy atom. The van der Waals surface area contributed by atoms with E-state index in [1.807, 2.05) is 37.3 Å². The van der Waals surface area contributed by atoms with E-state index in [4.69, 9.17) is 21.7 Å². The number of nitrogens with zero attached hydrogens (tertiary/aromatic N) is 2. The van der Waals surface area contributed by atoms with Crippen LogP contribution in [0, 0.1) is 24.1 Å². The van der Waals surface area contributed by atoms with Gasteiger partial charge in [0.2, 0.25) is 0 Å². The molecule has 0 amide bonds. The zero-order valence-corrected chi connectivity index (χ0v) is 16.7. The molecule has 1 aromatic heterocycles. The maximum atomic E-state index is 13.8. The van der Waals surface area contributed by atoms with Gasteiger partial charge >= 0.3 is 0 Å². The molecule has 0 aliphatic carbocycles. The van der Waals surface area contributed by atoms with Gasteiger partial charge in [-0.05, 0) is 54.4 Å². The van der Waals surface area contributed by atoms with E-state index in [0.29, 0.717) is 10.8 Å². The Kier molecular flexibility index (Phi) is 5.63. The number of hydrogen-bond donors (Lipinski definition) is 3. The molecule has 8 heteroatoms. The number of hydrazine groups is 1. The van der Waals surface area contributed by atoms with E-state index in [9.17, 15) is 4.39 Å². The molecule has 4 rings (SSSR count). The fourth-order valence-electron chi connectivity index (χ4n) is 3.04. The number of hydrogen-bond acceptors (Lipinski definition) is 5. The first-order valence-corrected chi connectivity index (χ1v) is 9.50. The van der Waals surface area contributed by atoms with Crippen molar-refractivity contribution in [2.24, 2.45) is 0 Å². The summed E-state index contributed by atoms with van der Waals surface area (Å²) >= 11 is 6.03. The molecule has 0 aliphatic rings. The van der Waals surface area contributed by atoms with E-state index in [1.165, 1.54) is 12.1 Å². The molecule has 0 bridgehead atoms. The lowest BCUT2D eigenvalue weighted by Crippen LogP contribution is -2.39. The largest absolute Gasteiger partial charge is 0.394 e. The van der Waals surface area contributed by atoms with Crippen LogP contribution in [0.3, 0.4) is 0 Å². The van der Waals surface area contributed by atoms with Crippen molar-refractivity contribution in [1.82, 2.24) is 21.0 Å². The average molecular weight is 422 g/mol. The van der Waals surface area contributed by atoms with Crippen molar-refractivity contribution < 1.29 is 9.23 Å². The Labute approximate surface area is 177 Å². The highest BCUT2D eigenvalue weighted by Gasteiger charge is 2.18. The number of nitriles is 1. The van der Waals surface area contributed by atoms with E-state index in [0.717, 1.165) is 28.2 Å². The van der Waals surface area contributed by atoms with Crippen LogP contribution < -0.4 is 15.9 Å². The first kappa shape index (κ1) is 19.9. The van der Waals surface area contributed by atoms with Crippen molar-refractivity contribution in [3.05, 3.63) is 94.0 Å². The van der Waals surface area contributed by atoms with Gasteiger partial charge in [-0.25, -0.2) is 14.8 Å². The molecular formula is C22H17ClFN5O. The smallest absolute Gasteiger partial charge is 0.152 e. The second-order valence-corrected chi connectivity index (χ2v) is 7.17. The summed E-state index contributed by atoms with van der Waals surface area (Å²) in [7, 11) is 0. The Bertz CT molecular complexity index is 1230. The van der Waals surface area contributed by atoms with Gasteiger partial charge in [0.1, 0.15) is 23.8 Å². The van der Waals surface area contributed by atoms with E-state index in [-0.39, 0.29) is 11.3 Å². The maximum Gasteiger partial charge on any atom is 0.152 e. The Morgan fingerprint density at radius 2 is 1.93 bits per heavy atom. The number of benzene rings is 3. The van der Waals surface area contributed by atoms with Crippen molar-refractivity contribution in [3.63, 3.8) is 0 Å². The molecule has 0 aliphatic heterocycles. The molecule has 150 valence electrons. The lowest BCUT2D eigenvalue weighted by molar-refractivity contribution is 0.136. The zero-order valence-electron chi connectivity index (χ0n) is 15.9. The van der Waals surface area contributed by atoms with Crippen molar-refractivity contribution in [1.29, 1.82) is 5.26 Å². The van der Waals surface area contributed by atoms with Gasteiger partial charge in [-0.2, -0.15) is 5.26 Å². The van der Waals surface area contributed by atoms with Crippen molar-refractivity contribution in [3.8, 4) is 11.8 Å². The van der Waals surface area contributed by atoms with E-state index in [2.05, 4.69) is 21.0 Å². The number of fused-ring (bicyclic) bond motifs is 1. The molecule has 0 saturated carbocycles. The molecule has 3 N–H and O–H groups in total. The second-order valence-electron chi connectivity index (χ2n) is 6.73. The summed E-state index contributed by atoms with van der Waals surface area (Å²) in [5.74, 6) is 0.229. The third-order valence-corrected chi connectivity index (χ3v) is 4.82. The number of aromatic nitrogens is 2. The highest BCUT2D eigenvalue weighted by molar-refractivity contribution is 6.30. The minimum absolute atomic E-state index is 0.0491. The molecule has 0 saturated heterocycles. The molecule has 6 nitrogen and oxygen atoms in total. The minimum Gasteiger partial charge on any atom is -0.394 e. The first-order valence-electron chi connectivity index (χ1n) is 9.12. The number of aromatic amines is 1. The summed E-state index contributed by atoms with van der Waals surface area (Å²) in [6.45, 7) is 2.01. The summed E-state index contributed by atoms with van der Waals surface area (Å²) in [6, 6.07) is 18.6. The molecular weight excluding hydrogens is 405 g/mol. The molecule has 1 unspecified atom stereocenters. The number of aryl methyl sites for hydroxylation is 1. The van der Waals surface area contributed by atoms with Crippen LogP contribution in [0.5, 0.6) is 5.75 Å². The zero-order chi connectivity index (χ0) is 21.1. The van der Waals surface area contributed by atoms with Gasteiger partial charge in [0, 0.05) is 11.1 Å². The minimum atomic E-state index is -0.654. The van der Waals surface area contributed by atoms with Crippen LogP contribution in [0.2, 0.25) is 5.02 Å². The van der Waals surface area contributed by atoms with E-state index < -0.39 is 11.9 Å². The predicted octanol–water partition coefficient (Wildman–Crippen LogP) is 4.71. The Morgan fingerprint density at radius 3 is 2.67 bits per heavy atom. The number of nitrogens with one attached hydrogen (secondary N) is 3. The van der Waals surface area contributed by atoms with E-state index in [1.54, 1.807) is 18.2 Å². The normalized spacial score (nSPS) is 11.9. The van der Waals surface area contributed by atoms with Crippen LogP contribution in [-0.4, -0.2) is 9.97 Å². The van der Waals surface area contributed by atoms with Crippen LogP contribution in [0.15, 0.2) is 60.7 Å². The van der Waals surface area contributed by atoms with Gasteiger partial charge in [0.05, 0.1) is 16.6 Å². The Hall–Kier alpha value is -3.44. The maximum absolute atomic E-state index is 13.8. The number of halogens is 2. The lowest BCUT2D eigenvalue weighted by atomic mass is 10.1. The number of H-pyrrole nitrogens is 1. The number of imidazole rings is 1. The fraction of sp³-hybridized carbons (Fsp3) is 0.0909. The van der Waals surface area contributed by atoms with Crippen molar-refractivity contribution in [2.75, 3.05) is 0 Å². The highest BCUT2D eigenvalue weighted by Crippen LogP contribution is 2.24. The van der Waals surface area contributed by atoms with Crippen molar-refractivity contribution in [2.45, 2.75) is 13.0 Å². The molecule has 4 aromatic rings. The SMILES string of the molecule is Cc1ccc2nc(C(NNOc3ccc(C#N)c(F)c3)c3ccc(Cl)cc3)[nH]c2c1. The van der Waals surface area contributed by atoms with Gasteiger partial charge < -0.3 is 9.82 Å². The average Bonchev–Trinajstić information content (AvgIpc) is 3.15. The monoisotopic (exact) mass is 421 g/mol. The molecule has 0 spiro atoms. The quantitative estimate of drug-likeness (QED) is 0.392. The van der Waals surface area contributed by atoms with Crippen LogP contribution in [-0.2, 0) is 0 Å². The van der Waals surface area contributed by atoms with E-state index >= 15 is 0 Å². The van der Waals surface area contributed by atoms with Crippen LogP contribution in [0.25, 0.3) is 11.0 Å². The standard InChI is InChI=1S/C22H17ClFN5O/c1-13-2-9-19-20(10-13)27-22(26-19)21(14-3-6-16(23)7-4-14)28-29-30-17-8-5-15(12-25)18(24)11-17/h2-11,21,28-29H,1H3,(H,26,27). The van der Waals surface area contributed by atoms with Gasteiger partial charge in [-0.3, -0.25) is 0 Å². The van der Waals surface area contributed by atoms with Crippen LogP contribution in [0.4, 0.5) is 4.39 Å². The lowest BCUT2D eigenvalue weighted by Gasteiger charge is -2.18. The summed E-state index contributed by atoms with van der Waals surface area (Å²) in [5.41, 5.74) is 9.41. The summed E-state index contributed by atoms with van der Waals surface area (Å²) < 4.78 is 13.8. The third kappa shape index (κ3) is 4.26. The molecule has 30 heavy (non-hydrogen) atoms. The molecule has 1 atom stereocenters. The third-order valence-electron chi connectivity index (χ3n) is 4.57. The fourth-order valence-corrected chi connectivity index (χ4v) is 3.17. The van der Waals surface area contributed by atoms with Crippen LogP contribution in [0.1, 0.15) is 28.6 Å². The Balaban J connectivity index is 1.58. The summed E-state index contributed by atoms with van der Waals surface area (Å²) in [6.07, 6.45) is 0. The molecule has 3 aromatic carbocycles. The second kappa shape index (κ2) is 8.51. The van der Waals surface area contributed by atoms with Gasteiger partial charge in [0.15, 0.2) is 5.75 Å². The number of rotatable bonds is 6. The highest BCUT2D eigenvalue weighted by atomic mass is 35.5. The van der Waals surface area contributed by atoms with Crippen LogP contribution >= 0.6 is 11.6 Å². The van der Waals surface area contributed by atoms with Gasteiger partial charge in [0.25, 0.3) is 0 Å². The van der Waals surface area contributed by atoms with Gasteiger partial charge in [-0.1, -0.05) is 35.4 Å². The molecule has 1 heterocycles. The van der Waals surface area contributed by atoms with Gasteiger partial charge in [-0.15, -0.1) is 0 Å². The topological polar surface area (TPSA) is 85.8 Å². The summed E-state index contributed by atoms with van der Waals surface area (Å²) in [4.78, 5) is 13.4. The molecule has 0 radical (unpaired) electrons. The summed E-state index contributed by atoms with van der Waals surface area (Å²) in [5, 5.41) is 9.45. The molecule has 0 fully saturated rings. The first-order chi connectivity index (χ1) is 14.5.